The molecule has 480 valence electrons. The molecule has 15 aromatic carbocycles. The average molecular weight is 1320 g/mol. The zero-order chi connectivity index (χ0) is 67.5. The molecule has 23 rings (SSSR count). The van der Waals surface area contributed by atoms with Gasteiger partial charge in [-0.1, -0.05) is 178 Å². The summed E-state index contributed by atoms with van der Waals surface area (Å²) in [6.07, 6.45) is 0. The number of rotatable bonds is 7. The molecule has 7 heterocycles. The summed E-state index contributed by atoms with van der Waals surface area (Å²) in [7, 11) is 0. The highest BCUT2D eigenvalue weighted by molar-refractivity contribution is 6.16. The quantitative estimate of drug-likeness (QED) is 0.159. The summed E-state index contributed by atoms with van der Waals surface area (Å²) in [6.45, 7) is 4.77. The van der Waals surface area contributed by atoms with Crippen molar-refractivity contribution in [2.75, 3.05) is 0 Å². The molecule has 0 radical (unpaired) electrons. The van der Waals surface area contributed by atoms with Gasteiger partial charge in [0, 0.05) is 92.4 Å². The van der Waals surface area contributed by atoms with Gasteiger partial charge in [0.1, 0.15) is 33.5 Å². The van der Waals surface area contributed by atoms with Crippen LogP contribution in [0.15, 0.2) is 323 Å². The summed E-state index contributed by atoms with van der Waals surface area (Å²) in [5.41, 5.74) is 28.3. The molecule has 0 saturated carbocycles. The lowest BCUT2D eigenvalue weighted by atomic mass is 9.81. The number of nitrogens with zero attached hydrogens (tertiary/aromatic N) is 5. The summed E-state index contributed by atoms with van der Waals surface area (Å²) >= 11 is 0. The van der Waals surface area contributed by atoms with Gasteiger partial charge in [0.2, 0.25) is 5.95 Å². The Kier molecular flexibility index (Phi) is 11.4. The maximum absolute atomic E-state index is 6.28. The fourth-order valence-corrected chi connectivity index (χ4v) is 17.5. The highest BCUT2D eigenvalue weighted by atomic mass is 16.3. The monoisotopic (exact) mass is 1320 g/mol. The average Bonchev–Trinajstić information content (AvgIpc) is 1.59. The Morgan fingerprint density at radius 1 is 0.243 bits per heavy atom. The minimum Gasteiger partial charge on any atom is -0.456 e. The van der Waals surface area contributed by atoms with E-state index in [9.17, 15) is 0 Å². The highest BCUT2D eigenvalue weighted by Crippen LogP contribution is 2.52. The first-order valence-corrected chi connectivity index (χ1v) is 35.2. The van der Waals surface area contributed by atoms with Gasteiger partial charge < -0.3 is 22.4 Å². The van der Waals surface area contributed by atoms with Crippen molar-refractivity contribution >= 4 is 142 Å². The van der Waals surface area contributed by atoms with Gasteiger partial charge in [0.15, 0.2) is 0 Å². The van der Waals surface area contributed by atoms with Crippen LogP contribution in [0.1, 0.15) is 25.0 Å². The third-order valence-corrected chi connectivity index (χ3v) is 22.5. The van der Waals surface area contributed by atoms with E-state index in [4.69, 9.17) is 23.2 Å². The van der Waals surface area contributed by atoms with E-state index < -0.39 is 5.41 Å². The molecule has 8 nitrogen and oxygen atoms in total. The van der Waals surface area contributed by atoms with Crippen LogP contribution in [0.4, 0.5) is 0 Å². The van der Waals surface area contributed by atoms with Crippen molar-refractivity contribution in [3.05, 3.63) is 321 Å². The van der Waals surface area contributed by atoms with Crippen LogP contribution in [-0.2, 0) is 5.41 Å². The molecule has 0 spiro atoms. The molecule has 0 amide bonds. The Morgan fingerprint density at radius 2 is 0.583 bits per heavy atom. The number of hydrogen-bond donors (Lipinski definition) is 0. The Balaban J connectivity index is 0.680. The van der Waals surface area contributed by atoms with E-state index in [1.54, 1.807) is 0 Å². The number of aromatic nitrogens is 5. The SMILES string of the molecule is CC1(C)c2cc(-c3nc(-n4c5ccccc5c5cc(-c6ccc7oc8ccccc8c7c6)ccc54)nc4ccc(-n5c6ccccc6c6cc(-c7ccc8oc9ccccc9c8c7)ccc65)cc34)ccc2-c2ccc(-n3c4ccccc4c4cc(-c5ccc6oc7ccccc7c6c5)ccc43)cc21. The molecule has 1 aliphatic rings. The molecule has 103 heavy (non-hydrogen) atoms. The summed E-state index contributed by atoms with van der Waals surface area (Å²) in [4.78, 5) is 11.5. The van der Waals surface area contributed by atoms with Gasteiger partial charge in [-0.15, -0.1) is 0 Å². The van der Waals surface area contributed by atoms with E-state index in [2.05, 4.69) is 301 Å². The highest BCUT2D eigenvalue weighted by Gasteiger charge is 2.37. The smallest absolute Gasteiger partial charge is 0.235 e. The van der Waals surface area contributed by atoms with E-state index in [0.29, 0.717) is 5.95 Å². The maximum Gasteiger partial charge on any atom is 0.235 e. The molecule has 0 N–H and O–H groups in total. The van der Waals surface area contributed by atoms with Crippen molar-refractivity contribution in [2.24, 2.45) is 0 Å². The predicted molar refractivity (Wildman–Crippen MR) is 424 cm³/mol. The normalized spacial score (nSPS) is 13.0. The molecule has 7 aromatic heterocycles. The van der Waals surface area contributed by atoms with Crippen molar-refractivity contribution in [3.8, 4) is 73.1 Å². The Bertz CT molecular complexity index is 7490. The number of furan rings is 3. The van der Waals surface area contributed by atoms with Crippen LogP contribution in [0.3, 0.4) is 0 Å². The second-order valence-electron chi connectivity index (χ2n) is 28.4. The van der Waals surface area contributed by atoms with E-state index >= 15 is 0 Å². The van der Waals surface area contributed by atoms with Crippen molar-refractivity contribution in [2.45, 2.75) is 19.3 Å². The molecule has 0 atom stereocenters. The molecule has 0 bridgehead atoms. The van der Waals surface area contributed by atoms with Crippen LogP contribution in [-0.4, -0.2) is 23.7 Å². The minimum absolute atomic E-state index is 0.394. The van der Waals surface area contributed by atoms with Gasteiger partial charge in [-0.3, -0.25) is 4.57 Å². The van der Waals surface area contributed by atoms with Crippen molar-refractivity contribution in [1.82, 2.24) is 23.7 Å². The number of benzene rings is 15. The Morgan fingerprint density at radius 3 is 1.06 bits per heavy atom. The van der Waals surface area contributed by atoms with E-state index in [1.165, 1.54) is 49.3 Å². The molecule has 0 fully saturated rings. The first kappa shape index (κ1) is 56.3. The zero-order valence-corrected chi connectivity index (χ0v) is 55.9. The largest absolute Gasteiger partial charge is 0.456 e. The second-order valence-corrected chi connectivity index (χ2v) is 28.4. The third-order valence-electron chi connectivity index (χ3n) is 22.5. The van der Waals surface area contributed by atoms with Crippen LogP contribution in [0.2, 0.25) is 0 Å². The lowest BCUT2D eigenvalue weighted by Gasteiger charge is -2.23. The number of fused-ring (bicyclic) bond motifs is 22. The van der Waals surface area contributed by atoms with Gasteiger partial charge in [-0.25, -0.2) is 9.97 Å². The molecule has 0 aliphatic heterocycles. The molecular weight excluding hydrogens is 1260 g/mol. The van der Waals surface area contributed by atoms with Crippen molar-refractivity contribution < 1.29 is 13.3 Å². The summed E-state index contributed by atoms with van der Waals surface area (Å²) in [5.74, 6) is 0.602. The number of para-hydroxylation sites is 6. The lowest BCUT2D eigenvalue weighted by Crippen LogP contribution is -2.15. The first-order chi connectivity index (χ1) is 50.8. The summed E-state index contributed by atoms with van der Waals surface area (Å²) in [5, 5.41) is 14.7. The van der Waals surface area contributed by atoms with E-state index in [-0.39, 0.29) is 0 Å². The fourth-order valence-electron chi connectivity index (χ4n) is 17.5. The van der Waals surface area contributed by atoms with Crippen molar-refractivity contribution in [1.29, 1.82) is 0 Å². The Labute approximate surface area is 588 Å². The van der Waals surface area contributed by atoms with Gasteiger partial charge in [0.05, 0.1) is 44.3 Å². The third kappa shape index (κ3) is 8.11. The minimum atomic E-state index is -0.394. The molecule has 8 heteroatoms. The van der Waals surface area contributed by atoms with Crippen LogP contribution >= 0.6 is 0 Å². The summed E-state index contributed by atoms with van der Waals surface area (Å²) in [6, 6.07) is 112. The van der Waals surface area contributed by atoms with Crippen LogP contribution in [0, 0.1) is 0 Å². The van der Waals surface area contributed by atoms with E-state index in [0.717, 1.165) is 171 Å². The van der Waals surface area contributed by atoms with Crippen LogP contribution < -0.4 is 0 Å². The molecular formula is C95H57N5O3. The maximum atomic E-state index is 6.28. The van der Waals surface area contributed by atoms with Gasteiger partial charge in [-0.05, 0) is 201 Å². The Hall–Kier alpha value is -13.6. The first-order valence-electron chi connectivity index (χ1n) is 35.2. The van der Waals surface area contributed by atoms with Gasteiger partial charge in [0.25, 0.3) is 0 Å². The van der Waals surface area contributed by atoms with Crippen LogP contribution in [0.25, 0.3) is 215 Å². The summed E-state index contributed by atoms with van der Waals surface area (Å²) < 4.78 is 25.9. The van der Waals surface area contributed by atoms with Crippen molar-refractivity contribution in [3.63, 3.8) is 0 Å². The molecule has 0 unspecified atom stereocenters. The topological polar surface area (TPSA) is 80.0 Å². The van der Waals surface area contributed by atoms with Gasteiger partial charge >= 0.3 is 0 Å². The van der Waals surface area contributed by atoms with Crippen LogP contribution in [0.5, 0.6) is 0 Å². The molecule has 22 aromatic rings. The van der Waals surface area contributed by atoms with E-state index in [1.807, 2.05) is 36.4 Å². The predicted octanol–water partition coefficient (Wildman–Crippen LogP) is 25.6. The zero-order valence-electron chi connectivity index (χ0n) is 55.9. The second kappa shape index (κ2) is 20.8. The van der Waals surface area contributed by atoms with Gasteiger partial charge in [-0.2, -0.15) is 0 Å². The standard InChI is InChI=1S/C95H57N5O3/c1-95(2)78-51-60(27-36-63(78)64-37-34-62(53-79(64)95)99-82-22-10-4-16-66(82)72-46-55(29-40-85(72)99)58-32-43-91-75(49-58)69-19-7-13-25-88(69)102-91)93-77-52-61(98-81-21-9-3-15-65(81)71-45-54(28-39-84(71)98)57-31-42-90-74(48-57)68-18-6-12-24-87(68)101-90)35-38-80(77)96-94(97-93)100-83-23-11-5-17-67(83)73-47-56(30-41-86(73)100)59-33-44-92-76(50-59)70-20-8-14-26-89(70)103-92/h3-53H,1-2H3. The molecule has 1 aliphatic carbocycles. The number of hydrogen-bond acceptors (Lipinski definition) is 5. The molecule has 0 saturated heterocycles. The lowest BCUT2D eigenvalue weighted by molar-refractivity contribution is 0.660. The fraction of sp³-hybridized carbons (Fsp3) is 0.0316.